The van der Waals surface area contributed by atoms with Gasteiger partial charge in [0.25, 0.3) is 11.7 Å². The number of rotatable bonds is 4. The van der Waals surface area contributed by atoms with Crippen LogP contribution in [0.1, 0.15) is 28.6 Å². The van der Waals surface area contributed by atoms with Gasteiger partial charge in [0, 0.05) is 5.56 Å². The standard InChI is InChI=1S/C18H16N5O3/c1-2-25-18(24)13-6-3-5-12(9-13)14-11-23(19)16(10-20-14)21-17(22-23)15-7-4-8-26-15/h3-11H,2,19H2,1H3/q+1. The van der Waals surface area contributed by atoms with E-state index in [1.807, 2.05) is 6.07 Å². The van der Waals surface area contributed by atoms with Crippen LogP contribution in [-0.4, -0.2) is 35.2 Å². The van der Waals surface area contributed by atoms with E-state index in [0.29, 0.717) is 35.3 Å². The Morgan fingerprint density at radius 3 is 2.96 bits per heavy atom. The van der Waals surface area contributed by atoms with E-state index in [-0.39, 0.29) is 10.7 Å². The molecule has 2 N–H and O–H groups in total. The number of carbonyl (C=O) groups is 1. The van der Waals surface area contributed by atoms with Crippen molar-refractivity contribution in [3.05, 3.63) is 65.7 Å². The molecule has 130 valence electrons. The topological polar surface area (TPSA) is 103 Å². The molecule has 2 aliphatic heterocycles. The number of esters is 1. The quantitative estimate of drug-likeness (QED) is 0.519. The van der Waals surface area contributed by atoms with E-state index in [0.717, 1.165) is 5.56 Å². The van der Waals surface area contributed by atoms with Crippen LogP contribution in [0, 0.1) is 0 Å². The number of furan rings is 1. The molecule has 0 aliphatic carbocycles. The van der Waals surface area contributed by atoms with Gasteiger partial charge in [0.2, 0.25) is 0 Å². The minimum absolute atomic E-state index is 0.316. The zero-order valence-electron chi connectivity index (χ0n) is 14.0. The van der Waals surface area contributed by atoms with Crippen molar-refractivity contribution in [3.8, 4) is 0 Å². The summed E-state index contributed by atoms with van der Waals surface area (Å²) in [4.78, 5) is 20.7. The lowest BCUT2D eigenvalue weighted by atomic mass is 10.1. The molecule has 0 spiro atoms. The maximum atomic E-state index is 11.9. The normalized spacial score (nSPS) is 20.9. The molecule has 26 heavy (non-hydrogen) atoms. The first-order valence-corrected chi connectivity index (χ1v) is 8.04. The van der Waals surface area contributed by atoms with Gasteiger partial charge in [-0.2, -0.15) is 4.99 Å². The highest BCUT2D eigenvalue weighted by molar-refractivity contribution is 6.32. The van der Waals surface area contributed by atoms with Crippen LogP contribution in [0.5, 0.6) is 0 Å². The highest BCUT2D eigenvalue weighted by atomic mass is 16.5. The van der Waals surface area contributed by atoms with E-state index in [4.69, 9.17) is 15.0 Å². The smallest absolute Gasteiger partial charge is 0.338 e. The van der Waals surface area contributed by atoms with Gasteiger partial charge in [0.05, 0.1) is 18.4 Å². The predicted molar refractivity (Wildman–Crippen MR) is 96.0 cm³/mol. The fraction of sp³-hybridized carbons (Fsp3) is 0.111. The van der Waals surface area contributed by atoms with Crippen LogP contribution in [0.3, 0.4) is 0 Å². The second-order valence-corrected chi connectivity index (χ2v) is 5.68. The van der Waals surface area contributed by atoms with Gasteiger partial charge in [0.1, 0.15) is 11.9 Å². The molecule has 2 aliphatic rings. The van der Waals surface area contributed by atoms with Gasteiger partial charge in [-0.15, -0.1) is 5.84 Å². The first-order chi connectivity index (χ1) is 12.6. The molecule has 1 atom stereocenters. The lowest BCUT2D eigenvalue weighted by molar-refractivity contribution is -0.802. The molecule has 0 bridgehead atoms. The van der Waals surface area contributed by atoms with Crippen LogP contribution in [0.4, 0.5) is 0 Å². The van der Waals surface area contributed by atoms with Gasteiger partial charge in [-0.05, 0) is 41.0 Å². The van der Waals surface area contributed by atoms with E-state index in [2.05, 4.69) is 15.1 Å². The third-order valence-electron chi connectivity index (χ3n) is 3.90. The molecule has 1 aromatic heterocycles. The van der Waals surface area contributed by atoms with Crippen molar-refractivity contribution >= 4 is 29.6 Å². The van der Waals surface area contributed by atoms with Crippen LogP contribution in [0.25, 0.3) is 5.70 Å². The molecule has 0 saturated heterocycles. The number of hydrogen-bond acceptors (Lipinski definition) is 7. The minimum Gasteiger partial charge on any atom is -0.462 e. The Labute approximate surface area is 149 Å². The molecule has 0 fully saturated rings. The van der Waals surface area contributed by atoms with Crippen molar-refractivity contribution in [2.45, 2.75) is 6.92 Å². The summed E-state index contributed by atoms with van der Waals surface area (Å²) in [5, 5.41) is 4.42. The zero-order valence-corrected chi connectivity index (χ0v) is 14.0. The number of quaternary nitrogens is 1. The highest BCUT2D eigenvalue weighted by Gasteiger charge is 2.40. The minimum atomic E-state index is -0.382. The maximum Gasteiger partial charge on any atom is 0.338 e. The molecule has 4 rings (SSSR count). The number of nitrogens with two attached hydrogens (primary N) is 1. The Morgan fingerprint density at radius 2 is 2.19 bits per heavy atom. The number of carbonyl (C=O) groups excluding carboxylic acids is 1. The van der Waals surface area contributed by atoms with E-state index in [1.54, 1.807) is 55.9 Å². The Kier molecular flexibility index (Phi) is 3.83. The van der Waals surface area contributed by atoms with E-state index in [9.17, 15) is 4.79 Å². The Bertz CT molecular complexity index is 988. The largest absolute Gasteiger partial charge is 0.462 e. The Balaban J connectivity index is 1.68. The highest BCUT2D eigenvalue weighted by Crippen LogP contribution is 2.27. The second-order valence-electron chi connectivity index (χ2n) is 5.68. The predicted octanol–water partition coefficient (Wildman–Crippen LogP) is 2.30. The molecule has 3 heterocycles. The van der Waals surface area contributed by atoms with E-state index in [1.165, 1.54) is 0 Å². The second kappa shape index (κ2) is 6.17. The van der Waals surface area contributed by atoms with Gasteiger partial charge in [0.15, 0.2) is 12.0 Å². The van der Waals surface area contributed by atoms with Crippen LogP contribution in [0.2, 0.25) is 0 Å². The summed E-state index contributed by atoms with van der Waals surface area (Å²) in [6, 6.07) is 10.5. The molecule has 0 amide bonds. The first kappa shape index (κ1) is 16.1. The maximum absolute atomic E-state index is 11.9. The summed E-state index contributed by atoms with van der Waals surface area (Å²) >= 11 is 0. The SMILES string of the molecule is CCOC(=O)c1cccc(C2=C[N+]3(N)N=C(c4ccco4)N=C3C=N2)c1. The number of benzene rings is 1. The van der Waals surface area contributed by atoms with Crippen molar-refractivity contribution in [2.24, 2.45) is 20.9 Å². The molecule has 1 aromatic carbocycles. The van der Waals surface area contributed by atoms with E-state index < -0.39 is 0 Å². The molecule has 0 saturated carbocycles. The molecule has 8 nitrogen and oxygen atoms in total. The van der Waals surface area contributed by atoms with Gasteiger partial charge < -0.3 is 9.15 Å². The molecule has 0 radical (unpaired) electrons. The molecule has 2 aromatic rings. The average molecular weight is 350 g/mol. The van der Waals surface area contributed by atoms with Gasteiger partial charge in [-0.1, -0.05) is 12.1 Å². The third-order valence-corrected chi connectivity index (χ3v) is 3.90. The number of fused-ring (bicyclic) bond motifs is 1. The average Bonchev–Trinajstić information content (AvgIpc) is 3.28. The van der Waals surface area contributed by atoms with Crippen LogP contribution in [-0.2, 0) is 4.74 Å². The molecule has 1 unspecified atom stereocenters. The van der Waals surface area contributed by atoms with Crippen molar-refractivity contribution in [1.82, 2.24) is 0 Å². The van der Waals surface area contributed by atoms with Crippen LogP contribution < -0.4 is 5.84 Å². The van der Waals surface area contributed by atoms with Gasteiger partial charge >= 0.3 is 5.97 Å². The summed E-state index contributed by atoms with van der Waals surface area (Å²) < 4.78 is 10.0. The zero-order chi connectivity index (χ0) is 18.1. The lowest BCUT2D eigenvalue weighted by Crippen LogP contribution is -2.50. The Morgan fingerprint density at radius 1 is 1.31 bits per heavy atom. The van der Waals surface area contributed by atoms with Gasteiger partial charge in [-0.3, -0.25) is 0 Å². The number of ether oxygens (including phenoxy) is 1. The third kappa shape index (κ3) is 2.77. The number of nitrogens with zero attached hydrogens (tertiary/aromatic N) is 4. The van der Waals surface area contributed by atoms with Crippen molar-refractivity contribution in [1.29, 1.82) is 0 Å². The summed E-state index contributed by atoms with van der Waals surface area (Å²) in [5.74, 6) is 7.37. The fourth-order valence-electron chi connectivity index (χ4n) is 2.66. The summed E-state index contributed by atoms with van der Waals surface area (Å²) in [5.41, 5.74) is 1.77. The Hall–Kier alpha value is -3.36. The lowest BCUT2D eigenvalue weighted by Gasteiger charge is -2.19. The molecular weight excluding hydrogens is 334 g/mol. The molecular formula is C18H16N5O3+. The summed E-state index contributed by atoms with van der Waals surface area (Å²) in [6.07, 6.45) is 4.78. The van der Waals surface area contributed by atoms with Crippen molar-refractivity contribution in [3.63, 3.8) is 0 Å². The number of amidine groups is 2. The summed E-state index contributed by atoms with van der Waals surface area (Å²) in [7, 11) is 0. The monoisotopic (exact) mass is 350 g/mol. The number of hydrogen-bond donors (Lipinski definition) is 1. The van der Waals surface area contributed by atoms with Crippen LogP contribution >= 0.6 is 0 Å². The van der Waals surface area contributed by atoms with Gasteiger partial charge in [-0.25, -0.2) is 9.79 Å². The van der Waals surface area contributed by atoms with E-state index >= 15 is 0 Å². The first-order valence-electron chi connectivity index (χ1n) is 8.04. The van der Waals surface area contributed by atoms with Crippen molar-refractivity contribution in [2.75, 3.05) is 6.61 Å². The fourth-order valence-corrected chi connectivity index (χ4v) is 2.66. The number of aliphatic imine (C=N–C) groups is 2. The summed E-state index contributed by atoms with van der Waals surface area (Å²) in [6.45, 7) is 2.08. The van der Waals surface area contributed by atoms with Crippen molar-refractivity contribution < 1.29 is 18.6 Å². The van der Waals surface area contributed by atoms with Crippen LogP contribution in [0.15, 0.2) is 68.4 Å². The molecule has 8 heteroatoms.